The Kier molecular flexibility index (Phi) is 8.61. The highest BCUT2D eigenvalue weighted by molar-refractivity contribution is 5.51. The topological polar surface area (TPSA) is 61.7 Å². The molecule has 0 radical (unpaired) electrons. The minimum absolute atomic E-state index is 0.422. The molecular weight excluding hydrogens is 376 g/mol. The van der Waals surface area contributed by atoms with E-state index in [2.05, 4.69) is 52.9 Å². The largest absolute Gasteiger partial charge is 0.389 e. The molecule has 6 heteroatoms. The van der Waals surface area contributed by atoms with E-state index in [0.717, 1.165) is 69.4 Å². The fourth-order valence-corrected chi connectivity index (χ4v) is 3.95. The van der Waals surface area contributed by atoms with Crippen LogP contribution in [0.4, 0.5) is 5.82 Å². The Morgan fingerprint density at radius 2 is 1.80 bits per heavy atom. The monoisotopic (exact) mass is 412 g/mol. The first kappa shape index (κ1) is 22.7. The van der Waals surface area contributed by atoms with Crippen LogP contribution in [0.2, 0.25) is 0 Å². The number of aliphatic hydroxyl groups is 1. The lowest BCUT2D eigenvalue weighted by Crippen LogP contribution is -2.49. The van der Waals surface area contributed by atoms with Crippen molar-refractivity contribution in [3.8, 4) is 0 Å². The summed E-state index contributed by atoms with van der Waals surface area (Å²) in [4.78, 5) is 14.1. The number of ether oxygens (including phenoxy) is 1. The van der Waals surface area contributed by atoms with Crippen LogP contribution >= 0.6 is 0 Å². The van der Waals surface area contributed by atoms with Gasteiger partial charge in [0.25, 0.3) is 0 Å². The minimum Gasteiger partial charge on any atom is -0.389 e. The zero-order chi connectivity index (χ0) is 21.3. The molecule has 1 aromatic heterocycles. The number of aliphatic hydroxyl groups excluding tert-OH is 1. The first-order valence-electron chi connectivity index (χ1n) is 11.2. The first-order valence-corrected chi connectivity index (χ1v) is 11.2. The Morgan fingerprint density at radius 3 is 2.50 bits per heavy atom. The summed E-state index contributed by atoms with van der Waals surface area (Å²) < 4.78 is 5.56. The Bertz CT molecular complexity index is 776. The van der Waals surface area contributed by atoms with Gasteiger partial charge in [-0.25, -0.2) is 9.97 Å². The zero-order valence-electron chi connectivity index (χ0n) is 18.7. The number of unbranched alkanes of at least 4 members (excludes halogenated alkanes) is 1. The summed E-state index contributed by atoms with van der Waals surface area (Å²) in [5, 5.41) is 10.3. The molecule has 1 N–H and O–H groups in total. The highest BCUT2D eigenvalue weighted by Crippen LogP contribution is 2.25. The number of hydrogen-bond acceptors (Lipinski definition) is 6. The number of rotatable bonds is 10. The van der Waals surface area contributed by atoms with Crippen LogP contribution in [0.1, 0.15) is 42.4 Å². The molecule has 0 unspecified atom stereocenters. The first-order chi connectivity index (χ1) is 14.6. The lowest BCUT2D eigenvalue weighted by Gasteiger charge is -2.37. The number of hydrogen-bond donors (Lipinski definition) is 1. The second-order valence-electron chi connectivity index (χ2n) is 8.19. The highest BCUT2D eigenvalue weighted by Gasteiger charge is 2.23. The van der Waals surface area contributed by atoms with E-state index in [1.165, 1.54) is 11.1 Å². The fraction of sp³-hybridized carbons (Fsp3) is 0.583. The van der Waals surface area contributed by atoms with Crippen LogP contribution in [-0.4, -0.2) is 72.0 Å². The van der Waals surface area contributed by atoms with Gasteiger partial charge in [0.15, 0.2) is 0 Å². The standard InChI is InChI=1S/C24H36N4O2/c1-4-5-15-30-18-22(29)17-27-11-13-28(14-12-27)24-23(19(2)25-20(3)26-24)16-21-9-7-6-8-10-21/h6-10,22,29H,4-5,11-18H2,1-3H3/t22-/m0/s1. The van der Waals surface area contributed by atoms with E-state index < -0.39 is 6.10 Å². The smallest absolute Gasteiger partial charge is 0.136 e. The molecule has 0 aliphatic carbocycles. The van der Waals surface area contributed by atoms with Gasteiger partial charge in [-0.3, -0.25) is 4.90 Å². The van der Waals surface area contributed by atoms with Gasteiger partial charge in [-0.1, -0.05) is 43.7 Å². The van der Waals surface area contributed by atoms with Crippen molar-refractivity contribution in [2.24, 2.45) is 0 Å². The van der Waals surface area contributed by atoms with E-state index in [1.807, 2.05) is 13.0 Å². The van der Waals surface area contributed by atoms with E-state index in [1.54, 1.807) is 0 Å². The summed E-state index contributed by atoms with van der Waals surface area (Å²) in [7, 11) is 0. The number of β-amino-alcohol motifs (C(OH)–C–C–N with tert-alkyl or cyclic N) is 1. The molecule has 0 amide bonds. The highest BCUT2D eigenvalue weighted by atomic mass is 16.5. The summed E-state index contributed by atoms with van der Waals surface area (Å²) in [6.07, 6.45) is 2.59. The molecule has 164 valence electrons. The van der Waals surface area contributed by atoms with Crippen LogP contribution in [0.25, 0.3) is 0 Å². The van der Waals surface area contributed by atoms with Crippen molar-refractivity contribution in [2.75, 3.05) is 50.8 Å². The second-order valence-corrected chi connectivity index (χ2v) is 8.19. The molecule has 0 spiro atoms. The Hall–Kier alpha value is -2.02. The molecule has 3 rings (SSSR count). The van der Waals surface area contributed by atoms with Crippen LogP contribution in [0.3, 0.4) is 0 Å². The zero-order valence-corrected chi connectivity index (χ0v) is 18.7. The predicted octanol–water partition coefficient (Wildman–Crippen LogP) is 2.98. The Balaban J connectivity index is 1.60. The molecule has 0 saturated carbocycles. The van der Waals surface area contributed by atoms with E-state index in [-0.39, 0.29) is 0 Å². The van der Waals surface area contributed by atoms with E-state index in [0.29, 0.717) is 13.2 Å². The third-order valence-corrected chi connectivity index (χ3v) is 5.62. The molecule has 0 bridgehead atoms. The fourth-order valence-electron chi connectivity index (χ4n) is 3.95. The summed E-state index contributed by atoms with van der Waals surface area (Å²) in [5.41, 5.74) is 3.55. The maximum Gasteiger partial charge on any atom is 0.136 e. The van der Waals surface area contributed by atoms with Gasteiger partial charge in [0.1, 0.15) is 11.6 Å². The average molecular weight is 413 g/mol. The maximum atomic E-state index is 10.3. The SMILES string of the molecule is CCCCOC[C@@H](O)CN1CCN(c2nc(C)nc(C)c2Cc2ccccc2)CC1. The van der Waals surface area contributed by atoms with Crippen molar-refractivity contribution in [3.05, 3.63) is 53.0 Å². The van der Waals surface area contributed by atoms with Gasteiger partial charge in [-0.05, 0) is 25.8 Å². The third kappa shape index (κ3) is 6.49. The number of aryl methyl sites for hydroxylation is 2. The van der Waals surface area contributed by atoms with Crippen LogP contribution in [0, 0.1) is 13.8 Å². The number of benzene rings is 1. The van der Waals surface area contributed by atoms with Crippen molar-refractivity contribution in [2.45, 2.75) is 46.1 Å². The molecule has 30 heavy (non-hydrogen) atoms. The van der Waals surface area contributed by atoms with Gasteiger partial charge in [0, 0.05) is 57.0 Å². The van der Waals surface area contributed by atoms with Crippen molar-refractivity contribution in [1.29, 1.82) is 0 Å². The number of piperazine rings is 1. The minimum atomic E-state index is -0.425. The van der Waals surface area contributed by atoms with Crippen molar-refractivity contribution in [1.82, 2.24) is 14.9 Å². The van der Waals surface area contributed by atoms with Gasteiger partial charge in [0.05, 0.1) is 12.7 Å². The summed E-state index contributed by atoms with van der Waals surface area (Å²) in [6.45, 7) is 11.7. The summed E-state index contributed by atoms with van der Waals surface area (Å²) in [6, 6.07) is 10.5. The van der Waals surface area contributed by atoms with Crippen molar-refractivity contribution < 1.29 is 9.84 Å². The number of nitrogens with zero attached hydrogens (tertiary/aromatic N) is 4. The van der Waals surface area contributed by atoms with E-state index >= 15 is 0 Å². The molecule has 1 atom stereocenters. The van der Waals surface area contributed by atoms with Crippen molar-refractivity contribution >= 4 is 5.82 Å². The molecule has 2 aromatic rings. The Morgan fingerprint density at radius 1 is 1.07 bits per heavy atom. The molecule has 1 aliphatic rings. The van der Waals surface area contributed by atoms with Crippen LogP contribution in [0.5, 0.6) is 0 Å². The summed E-state index contributed by atoms with van der Waals surface area (Å²) >= 11 is 0. The summed E-state index contributed by atoms with van der Waals surface area (Å²) in [5.74, 6) is 1.88. The lowest BCUT2D eigenvalue weighted by molar-refractivity contribution is 0.0150. The molecule has 1 saturated heterocycles. The molecule has 1 aromatic carbocycles. The van der Waals surface area contributed by atoms with Crippen LogP contribution < -0.4 is 4.90 Å². The van der Waals surface area contributed by atoms with Crippen LogP contribution in [0.15, 0.2) is 30.3 Å². The predicted molar refractivity (Wildman–Crippen MR) is 121 cm³/mol. The van der Waals surface area contributed by atoms with E-state index in [9.17, 15) is 5.11 Å². The lowest BCUT2D eigenvalue weighted by atomic mass is 10.0. The molecule has 2 heterocycles. The second kappa shape index (κ2) is 11.4. The molecule has 6 nitrogen and oxygen atoms in total. The Labute approximate surface area is 180 Å². The molecule has 1 aliphatic heterocycles. The normalized spacial score (nSPS) is 16.1. The maximum absolute atomic E-state index is 10.3. The average Bonchev–Trinajstić information content (AvgIpc) is 2.74. The third-order valence-electron chi connectivity index (χ3n) is 5.62. The molecular formula is C24H36N4O2. The number of anilines is 1. The van der Waals surface area contributed by atoms with E-state index in [4.69, 9.17) is 9.72 Å². The van der Waals surface area contributed by atoms with Gasteiger partial charge in [0.2, 0.25) is 0 Å². The van der Waals surface area contributed by atoms with Gasteiger partial charge in [-0.2, -0.15) is 0 Å². The molecule has 1 fully saturated rings. The van der Waals surface area contributed by atoms with Crippen molar-refractivity contribution in [3.63, 3.8) is 0 Å². The number of aromatic nitrogens is 2. The van der Waals surface area contributed by atoms with Gasteiger partial charge >= 0.3 is 0 Å². The van der Waals surface area contributed by atoms with Gasteiger partial charge < -0.3 is 14.7 Å². The van der Waals surface area contributed by atoms with Gasteiger partial charge in [-0.15, -0.1) is 0 Å². The quantitative estimate of drug-likeness (QED) is 0.606. The van der Waals surface area contributed by atoms with Crippen LogP contribution in [-0.2, 0) is 11.2 Å².